The Labute approximate surface area is 299 Å². The lowest BCUT2D eigenvalue weighted by atomic mass is 9.66. The molecule has 8 nitrogen and oxygen atoms in total. The van der Waals surface area contributed by atoms with Crippen molar-refractivity contribution in [3.8, 4) is 5.75 Å². The summed E-state index contributed by atoms with van der Waals surface area (Å²) in [6, 6.07) is 12.1. The SMILES string of the molecule is CC1C/C=C/C(COCCN2CCOCC2)C2CCC2CN2C[C@@]3(CCCc4cc(Cl)ccc43)COc3ccc(cc32)C(=O)NS(=O)C1C. The van der Waals surface area contributed by atoms with Crippen molar-refractivity contribution in [3.05, 3.63) is 70.3 Å². The predicted molar refractivity (Wildman–Crippen MR) is 196 cm³/mol. The van der Waals surface area contributed by atoms with E-state index < -0.39 is 11.0 Å². The van der Waals surface area contributed by atoms with E-state index in [4.69, 9.17) is 25.8 Å². The summed E-state index contributed by atoms with van der Waals surface area (Å²) < 4.78 is 34.8. The first-order valence-corrected chi connectivity index (χ1v) is 20.0. The zero-order chi connectivity index (χ0) is 34.0. The van der Waals surface area contributed by atoms with E-state index in [2.05, 4.69) is 45.7 Å². The minimum absolute atomic E-state index is 0.144. The maximum atomic E-state index is 13.5. The number of benzene rings is 2. The number of hydrogen-bond acceptors (Lipinski definition) is 7. The standard InChI is InChI=1S/C39H52ClN3O5S/c1-27-5-3-6-32(24-47-20-17-42-15-18-46-19-16-42)34-11-8-31(34)23-43-25-39(14-4-7-29-21-33(40)10-12-35(29)39)26-48-37-13-9-30(22-36(37)43)38(44)41-49(45)28(27)2/h3,6,9-10,12-13,21-22,27-28,31-32,34H,4-5,7-8,11,14-20,23-26H2,1-2H3,(H,41,44)/b6-3+/t27?,28?,31?,32?,34?,39-,49?/m0/s1. The van der Waals surface area contributed by atoms with Crippen LogP contribution in [-0.2, 0) is 32.3 Å². The fraction of sp³-hybridized carbons (Fsp3) is 0.615. The molecule has 10 heteroatoms. The average molecular weight is 710 g/mol. The van der Waals surface area contributed by atoms with Crippen LogP contribution in [0.1, 0.15) is 67.4 Å². The lowest BCUT2D eigenvalue weighted by molar-refractivity contribution is 0.00654. The number of nitrogens with one attached hydrogen (secondary N) is 1. The molecule has 49 heavy (non-hydrogen) atoms. The van der Waals surface area contributed by atoms with E-state index in [0.29, 0.717) is 36.5 Å². The Morgan fingerprint density at radius 3 is 2.80 bits per heavy atom. The molecular weight excluding hydrogens is 658 g/mol. The van der Waals surface area contributed by atoms with Crippen molar-refractivity contribution < 1.29 is 23.2 Å². The van der Waals surface area contributed by atoms with Crippen LogP contribution < -0.4 is 14.4 Å². The third-order valence-corrected chi connectivity index (χ3v) is 13.7. The largest absolute Gasteiger partial charge is 0.490 e. The Kier molecular flexibility index (Phi) is 11.0. The van der Waals surface area contributed by atoms with Gasteiger partial charge in [-0.1, -0.05) is 36.7 Å². The molecule has 5 aliphatic rings. The smallest absolute Gasteiger partial charge is 0.263 e. The van der Waals surface area contributed by atoms with Crippen LogP contribution in [0.2, 0.25) is 5.02 Å². The van der Waals surface area contributed by atoms with Crippen LogP contribution in [0.25, 0.3) is 0 Å². The van der Waals surface area contributed by atoms with Crippen molar-refractivity contribution in [2.45, 2.75) is 63.0 Å². The molecule has 2 aliphatic carbocycles. The van der Waals surface area contributed by atoms with Gasteiger partial charge in [0.05, 0.1) is 44.0 Å². The van der Waals surface area contributed by atoms with Gasteiger partial charge in [-0.2, -0.15) is 0 Å². The highest BCUT2D eigenvalue weighted by atomic mass is 35.5. The predicted octanol–water partition coefficient (Wildman–Crippen LogP) is 6.18. The summed E-state index contributed by atoms with van der Waals surface area (Å²) in [6.45, 7) is 12.2. The van der Waals surface area contributed by atoms with Crippen molar-refractivity contribution in [2.24, 2.45) is 23.7 Å². The number of halogens is 1. The highest BCUT2D eigenvalue weighted by molar-refractivity contribution is 7.84. The van der Waals surface area contributed by atoms with Gasteiger partial charge in [-0.3, -0.25) is 14.4 Å². The van der Waals surface area contributed by atoms with Crippen LogP contribution in [0.4, 0.5) is 5.69 Å². The monoisotopic (exact) mass is 709 g/mol. The van der Waals surface area contributed by atoms with Crippen LogP contribution in [-0.4, -0.2) is 86.0 Å². The van der Waals surface area contributed by atoms with Gasteiger partial charge < -0.3 is 19.1 Å². The zero-order valence-corrected chi connectivity index (χ0v) is 30.6. The summed E-state index contributed by atoms with van der Waals surface area (Å²) in [5.41, 5.74) is 3.92. The van der Waals surface area contributed by atoms with Gasteiger partial charge in [0, 0.05) is 54.6 Å². The Hall–Kier alpha value is -2.43. The minimum atomic E-state index is -1.51. The summed E-state index contributed by atoms with van der Waals surface area (Å²) in [7, 11) is -1.51. The number of morpholine rings is 1. The molecule has 6 unspecified atom stereocenters. The van der Waals surface area contributed by atoms with Gasteiger partial charge >= 0.3 is 0 Å². The van der Waals surface area contributed by atoms with Gasteiger partial charge in [0.25, 0.3) is 5.91 Å². The Bertz CT molecular complexity index is 1550. The Morgan fingerprint density at radius 2 is 1.98 bits per heavy atom. The van der Waals surface area contributed by atoms with E-state index in [1.54, 1.807) is 0 Å². The quantitative estimate of drug-likeness (QED) is 0.294. The van der Waals surface area contributed by atoms with E-state index in [9.17, 15) is 9.00 Å². The van der Waals surface area contributed by atoms with Gasteiger partial charge in [-0.25, -0.2) is 4.21 Å². The van der Waals surface area contributed by atoms with Gasteiger partial charge in [0.15, 0.2) is 0 Å². The highest BCUT2D eigenvalue weighted by Crippen LogP contribution is 2.47. The van der Waals surface area contributed by atoms with Crippen molar-refractivity contribution in [3.63, 3.8) is 0 Å². The molecule has 266 valence electrons. The number of allylic oxidation sites excluding steroid dienone is 1. The Morgan fingerprint density at radius 1 is 1.12 bits per heavy atom. The number of fused-ring (bicyclic) bond motifs is 4. The molecule has 1 N–H and O–H groups in total. The van der Waals surface area contributed by atoms with E-state index >= 15 is 0 Å². The molecule has 1 amide bonds. The second-order valence-corrected chi connectivity index (χ2v) is 17.0. The second-order valence-electron chi connectivity index (χ2n) is 15.1. The topological polar surface area (TPSA) is 80.3 Å². The van der Waals surface area contributed by atoms with Gasteiger partial charge in [-0.15, -0.1) is 0 Å². The zero-order valence-electron chi connectivity index (χ0n) is 29.0. The van der Waals surface area contributed by atoms with E-state index in [1.165, 1.54) is 24.0 Å². The minimum Gasteiger partial charge on any atom is -0.490 e. The maximum Gasteiger partial charge on any atom is 0.263 e. The average Bonchev–Trinajstić information content (AvgIpc) is 3.24. The number of nitrogens with zero attached hydrogens (tertiary/aromatic N) is 2. The molecule has 1 saturated carbocycles. The van der Waals surface area contributed by atoms with Crippen LogP contribution >= 0.6 is 11.6 Å². The molecule has 0 aromatic heterocycles. The van der Waals surface area contributed by atoms with Gasteiger partial charge in [0.1, 0.15) is 16.7 Å². The number of ether oxygens (including phenoxy) is 3. The molecule has 2 bridgehead atoms. The van der Waals surface area contributed by atoms with Crippen LogP contribution in [0.5, 0.6) is 5.75 Å². The number of carbonyl (C=O) groups excluding carboxylic acids is 1. The van der Waals surface area contributed by atoms with E-state index in [-0.39, 0.29) is 22.5 Å². The number of carbonyl (C=O) groups is 1. The number of amides is 1. The van der Waals surface area contributed by atoms with E-state index in [0.717, 1.165) is 94.7 Å². The molecule has 1 spiro atoms. The first kappa shape index (κ1) is 35.0. The van der Waals surface area contributed by atoms with Gasteiger partial charge in [-0.05, 0) is 105 Å². The molecule has 1 saturated heterocycles. The molecule has 2 aromatic rings. The van der Waals surface area contributed by atoms with Crippen LogP contribution in [0.3, 0.4) is 0 Å². The van der Waals surface area contributed by atoms with Crippen LogP contribution in [0.15, 0.2) is 48.6 Å². The van der Waals surface area contributed by atoms with Crippen molar-refractivity contribution in [1.29, 1.82) is 0 Å². The molecule has 2 fully saturated rings. The van der Waals surface area contributed by atoms with Crippen molar-refractivity contribution in [2.75, 3.05) is 70.7 Å². The van der Waals surface area contributed by atoms with Gasteiger partial charge in [0.2, 0.25) is 0 Å². The second kappa shape index (κ2) is 15.4. The fourth-order valence-corrected chi connectivity index (χ4v) is 9.81. The summed E-state index contributed by atoms with van der Waals surface area (Å²) in [6.07, 6.45) is 10.9. The summed E-state index contributed by atoms with van der Waals surface area (Å²) in [5, 5.41) is 0.584. The number of hydrogen-bond donors (Lipinski definition) is 1. The molecular formula is C39H52ClN3O5S. The summed E-state index contributed by atoms with van der Waals surface area (Å²) >= 11 is 6.48. The molecule has 7 atom stereocenters. The highest BCUT2D eigenvalue weighted by Gasteiger charge is 2.44. The molecule has 7 rings (SSSR count). The number of aryl methyl sites for hydroxylation is 1. The fourth-order valence-electron chi connectivity index (χ4n) is 8.60. The molecule has 2 aromatic carbocycles. The summed E-state index contributed by atoms with van der Waals surface area (Å²) in [5.74, 6) is 1.94. The molecule has 0 radical (unpaired) electrons. The Balaban J connectivity index is 1.19. The first-order chi connectivity index (χ1) is 23.8. The van der Waals surface area contributed by atoms with Crippen molar-refractivity contribution in [1.82, 2.24) is 9.62 Å². The normalized spacial score (nSPS) is 33.0. The van der Waals surface area contributed by atoms with Crippen molar-refractivity contribution >= 4 is 34.2 Å². The number of rotatable bonds is 5. The summed E-state index contributed by atoms with van der Waals surface area (Å²) in [4.78, 5) is 18.4. The molecule has 3 aliphatic heterocycles. The lowest BCUT2D eigenvalue weighted by Crippen LogP contribution is -2.49. The number of anilines is 1. The molecule has 3 heterocycles. The maximum absolute atomic E-state index is 13.5. The van der Waals surface area contributed by atoms with E-state index in [1.807, 2.05) is 31.2 Å². The van der Waals surface area contributed by atoms with Crippen LogP contribution in [0, 0.1) is 23.7 Å². The first-order valence-electron chi connectivity index (χ1n) is 18.4. The lowest BCUT2D eigenvalue weighted by Gasteiger charge is -2.46. The third kappa shape index (κ3) is 7.76. The third-order valence-electron chi connectivity index (χ3n) is 12.0.